The number of amides is 2. The number of carbonyl (C=O) groups excluding carboxylic acids is 2. The van der Waals surface area contributed by atoms with Crippen LogP contribution in [0.4, 0.5) is 17.1 Å². The topological polar surface area (TPSA) is 92.6 Å². The van der Waals surface area contributed by atoms with E-state index in [1.807, 2.05) is 0 Å². The summed E-state index contributed by atoms with van der Waals surface area (Å²) in [5.74, 6) is -1.21. The molecule has 27 heavy (non-hydrogen) atoms. The van der Waals surface area contributed by atoms with Crippen molar-refractivity contribution in [3.05, 3.63) is 62.1 Å². The molecule has 9 heteroatoms. The normalized spacial score (nSPS) is 16.5. The van der Waals surface area contributed by atoms with Crippen LogP contribution in [0.3, 0.4) is 0 Å². The highest BCUT2D eigenvalue weighted by Crippen LogP contribution is 2.31. The van der Waals surface area contributed by atoms with Gasteiger partial charge >= 0.3 is 0 Å². The summed E-state index contributed by atoms with van der Waals surface area (Å²) >= 11 is 11.9. The predicted molar refractivity (Wildman–Crippen MR) is 103 cm³/mol. The summed E-state index contributed by atoms with van der Waals surface area (Å²) in [6, 6.07) is 9.26. The van der Waals surface area contributed by atoms with Crippen molar-refractivity contribution in [2.45, 2.75) is 13.3 Å². The second-order valence-electron chi connectivity index (χ2n) is 6.25. The van der Waals surface area contributed by atoms with E-state index < -0.39 is 10.8 Å². The number of rotatable bonds is 4. The molecule has 2 amide bonds. The number of hydrogen-bond acceptors (Lipinski definition) is 4. The number of benzene rings is 2. The Morgan fingerprint density at radius 1 is 1.26 bits per heavy atom. The van der Waals surface area contributed by atoms with E-state index in [1.54, 1.807) is 31.2 Å². The van der Waals surface area contributed by atoms with Crippen molar-refractivity contribution in [3.8, 4) is 0 Å². The SMILES string of the molecule is Cc1ccc(N2C[C@@H](C(=O)Nc3ccc(Cl)cc3Cl)CC2=O)cc1[N+](=O)[O-]. The molecule has 1 aliphatic rings. The minimum absolute atomic E-state index is 0.0126. The first kappa shape index (κ1) is 19.1. The number of nitro benzene ring substituents is 1. The third-order valence-electron chi connectivity index (χ3n) is 4.39. The van der Waals surface area contributed by atoms with Crippen molar-refractivity contribution in [2.75, 3.05) is 16.8 Å². The Bertz CT molecular complexity index is 948. The van der Waals surface area contributed by atoms with Gasteiger partial charge in [0, 0.05) is 29.6 Å². The molecule has 1 N–H and O–H groups in total. The molecule has 1 aliphatic heterocycles. The Balaban J connectivity index is 1.76. The molecule has 0 aromatic heterocycles. The third kappa shape index (κ3) is 4.04. The summed E-state index contributed by atoms with van der Waals surface area (Å²) in [6.45, 7) is 1.76. The Hall–Kier alpha value is -2.64. The maximum absolute atomic E-state index is 12.5. The van der Waals surface area contributed by atoms with E-state index >= 15 is 0 Å². The number of nitro groups is 1. The molecule has 0 spiro atoms. The number of halogens is 2. The molecule has 1 fully saturated rings. The van der Waals surface area contributed by atoms with E-state index in [4.69, 9.17) is 23.2 Å². The fraction of sp³-hybridized carbons (Fsp3) is 0.222. The number of hydrogen-bond donors (Lipinski definition) is 1. The van der Waals surface area contributed by atoms with Gasteiger partial charge in [0.25, 0.3) is 5.69 Å². The molecule has 0 bridgehead atoms. The van der Waals surface area contributed by atoms with Gasteiger partial charge in [-0.2, -0.15) is 0 Å². The molecule has 0 aliphatic carbocycles. The smallest absolute Gasteiger partial charge is 0.274 e. The summed E-state index contributed by atoms with van der Waals surface area (Å²) < 4.78 is 0. The van der Waals surface area contributed by atoms with Crippen LogP contribution in [-0.2, 0) is 9.59 Å². The molecule has 2 aromatic rings. The lowest BCUT2D eigenvalue weighted by molar-refractivity contribution is -0.385. The average Bonchev–Trinajstić information content (AvgIpc) is 2.99. The van der Waals surface area contributed by atoms with Crippen LogP contribution in [0.5, 0.6) is 0 Å². The average molecular weight is 408 g/mol. The molecule has 0 saturated carbocycles. The fourth-order valence-corrected chi connectivity index (χ4v) is 3.38. The fourth-order valence-electron chi connectivity index (χ4n) is 2.92. The van der Waals surface area contributed by atoms with Crippen molar-refractivity contribution in [1.82, 2.24) is 0 Å². The van der Waals surface area contributed by atoms with Crippen LogP contribution in [-0.4, -0.2) is 23.3 Å². The minimum atomic E-state index is -0.593. The van der Waals surface area contributed by atoms with E-state index in [0.717, 1.165) is 0 Å². The third-order valence-corrected chi connectivity index (χ3v) is 4.93. The predicted octanol–water partition coefficient (Wildman–Crippen LogP) is 4.20. The Kier molecular flexibility index (Phi) is 5.34. The van der Waals surface area contributed by atoms with Crippen LogP contribution in [0.2, 0.25) is 10.0 Å². The monoisotopic (exact) mass is 407 g/mol. The summed E-state index contributed by atoms with van der Waals surface area (Å²) in [4.78, 5) is 36.9. The maximum atomic E-state index is 12.5. The first-order valence-electron chi connectivity index (χ1n) is 8.07. The quantitative estimate of drug-likeness (QED) is 0.606. The molecular formula is C18H15Cl2N3O4. The van der Waals surface area contributed by atoms with Gasteiger partial charge in [-0.3, -0.25) is 19.7 Å². The molecule has 3 rings (SSSR count). The van der Waals surface area contributed by atoms with Gasteiger partial charge in [-0.05, 0) is 31.2 Å². The highest BCUT2D eigenvalue weighted by molar-refractivity contribution is 6.36. The zero-order valence-electron chi connectivity index (χ0n) is 14.2. The molecule has 1 atom stereocenters. The van der Waals surface area contributed by atoms with E-state index in [9.17, 15) is 19.7 Å². The molecular weight excluding hydrogens is 393 g/mol. The van der Waals surface area contributed by atoms with E-state index in [0.29, 0.717) is 27.0 Å². The Morgan fingerprint density at radius 2 is 2.00 bits per heavy atom. The lowest BCUT2D eigenvalue weighted by Gasteiger charge is -2.17. The molecule has 1 heterocycles. The Labute approximate surface area is 165 Å². The Morgan fingerprint density at radius 3 is 2.67 bits per heavy atom. The summed E-state index contributed by atoms with van der Waals surface area (Å²) in [7, 11) is 0. The number of carbonyl (C=O) groups is 2. The van der Waals surface area contributed by atoms with Crippen LogP contribution < -0.4 is 10.2 Å². The molecule has 7 nitrogen and oxygen atoms in total. The van der Waals surface area contributed by atoms with Gasteiger partial charge in [-0.1, -0.05) is 29.3 Å². The second-order valence-corrected chi connectivity index (χ2v) is 7.09. The van der Waals surface area contributed by atoms with Crippen molar-refractivity contribution >= 4 is 52.1 Å². The van der Waals surface area contributed by atoms with Gasteiger partial charge in [0.2, 0.25) is 11.8 Å². The lowest BCUT2D eigenvalue weighted by atomic mass is 10.1. The van der Waals surface area contributed by atoms with Gasteiger partial charge in [0.05, 0.1) is 27.2 Å². The van der Waals surface area contributed by atoms with Gasteiger partial charge in [0.1, 0.15) is 0 Å². The highest BCUT2D eigenvalue weighted by Gasteiger charge is 2.36. The van der Waals surface area contributed by atoms with E-state index in [2.05, 4.69) is 5.32 Å². The number of nitrogens with zero attached hydrogens (tertiary/aromatic N) is 2. The van der Waals surface area contributed by atoms with E-state index in [1.165, 1.54) is 17.0 Å². The van der Waals surface area contributed by atoms with Crippen molar-refractivity contribution in [1.29, 1.82) is 0 Å². The largest absolute Gasteiger partial charge is 0.324 e. The van der Waals surface area contributed by atoms with Crippen LogP contribution in [0.1, 0.15) is 12.0 Å². The first-order valence-corrected chi connectivity index (χ1v) is 8.83. The van der Waals surface area contributed by atoms with Crippen LogP contribution in [0.25, 0.3) is 0 Å². The molecule has 140 valence electrons. The standard InChI is InChI=1S/C18H15Cl2N3O4/c1-10-2-4-13(8-16(10)23(26)27)22-9-11(6-17(22)24)18(25)21-15-5-3-12(19)7-14(15)20/h2-5,7-8,11H,6,9H2,1H3,(H,21,25)/t11-/m0/s1. The molecule has 0 radical (unpaired) electrons. The maximum Gasteiger partial charge on any atom is 0.274 e. The molecule has 1 saturated heterocycles. The number of aryl methyl sites for hydroxylation is 1. The van der Waals surface area contributed by atoms with Gasteiger partial charge in [-0.25, -0.2) is 0 Å². The zero-order valence-corrected chi connectivity index (χ0v) is 15.8. The van der Waals surface area contributed by atoms with Crippen molar-refractivity contribution in [3.63, 3.8) is 0 Å². The van der Waals surface area contributed by atoms with E-state index in [-0.39, 0.29) is 30.5 Å². The lowest BCUT2D eigenvalue weighted by Crippen LogP contribution is -2.28. The number of anilines is 2. The van der Waals surface area contributed by atoms with Crippen LogP contribution >= 0.6 is 23.2 Å². The minimum Gasteiger partial charge on any atom is -0.324 e. The van der Waals surface area contributed by atoms with Gasteiger partial charge in [0.15, 0.2) is 0 Å². The highest BCUT2D eigenvalue weighted by atomic mass is 35.5. The summed E-state index contributed by atoms with van der Waals surface area (Å²) in [5, 5.41) is 14.6. The zero-order chi connectivity index (χ0) is 19.7. The second kappa shape index (κ2) is 7.54. The summed E-state index contributed by atoms with van der Waals surface area (Å²) in [6.07, 6.45) is 0.0126. The number of nitrogens with one attached hydrogen (secondary N) is 1. The van der Waals surface area contributed by atoms with Crippen molar-refractivity contribution < 1.29 is 14.5 Å². The van der Waals surface area contributed by atoms with Crippen LogP contribution in [0, 0.1) is 23.0 Å². The molecule has 2 aromatic carbocycles. The van der Waals surface area contributed by atoms with Crippen molar-refractivity contribution in [2.24, 2.45) is 5.92 Å². The molecule has 0 unspecified atom stereocenters. The van der Waals surface area contributed by atoms with Crippen LogP contribution in [0.15, 0.2) is 36.4 Å². The van der Waals surface area contributed by atoms with Gasteiger partial charge in [-0.15, -0.1) is 0 Å². The van der Waals surface area contributed by atoms with Gasteiger partial charge < -0.3 is 10.2 Å². The first-order chi connectivity index (χ1) is 12.8. The summed E-state index contributed by atoms with van der Waals surface area (Å²) in [5.41, 5.74) is 1.24.